The van der Waals surface area contributed by atoms with E-state index in [-0.39, 0.29) is 17.5 Å². The van der Waals surface area contributed by atoms with Gasteiger partial charge in [0.1, 0.15) is 11.5 Å². The van der Waals surface area contributed by atoms with Gasteiger partial charge in [-0.25, -0.2) is 9.07 Å². The van der Waals surface area contributed by atoms with Gasteiger partial charge in [0.2, 0.25) is 5.82 Å². The van der Waals surface area contributed by atoms with Crippen LogP contribution in [0.3, 0.4) is 0 Å². The third kappa shape index (κ3) is 3.01. The smallest absolute Gasteiger partial charge is 0.333 e. The molecule has 0 aliphatic rings. The van der Waals surface area contributed by atoms with Gasteiger partial charge in [-0.2, -0.15) is 5.10 Å². The lowest BCUT2D eigenvalue weighted by molar-refractivity contribution is -0.384. The summed E-state index contributed by atoms with van der Waals surface area (Å²) >= 11 is 0. The summed E-state index contributed by atoms with van der Waals surface area (Å²) < 4.78 is 14.7. The molecule has 0 fully saturated rings. The molecule has 0 spiro atoms. The van der Waals surface area contributed by atoms with Crippen molar-refractivity contribution in [1.82, 2.24) is 9.78 Å². The number of nitrogens with one attached hydrogen (secondary N) is 1. The number of anilines is 1. The first-order valence-electron chi connectivity index (χ1n) is 6.66. The number of nitro groups is 1. The molecule has 0 aliphatic heterocycles. The molecule has 0 bridgehead atoms. The number of halogens is 1. The van der Waals surface area contributed by atoms with Crippen molar-refractivity contribution in [3.05, 3.63) is 51.5 Å². The van der Waals surface area contributed by atoms with Crippen LogP contribution in [0.15, 0.2) is 24.3 Å². The number of hydrogen-bond acceptors (Lipinski definition) is 4. The van der Waals surface area contributed by atoms with Crippen LogP contribution in [0, 0.1) is 15.9 Å². The molecule has 0 radical (unpaired) electrons. The Labute approximate surface area is 121 Å². The fraction of sp³-hybridized carbons (Fsp3) is 0.357. The van der Waals surface area contributed by atoms with Gasteiger partial charge in [0.15, 0.2) is 0 Å². The van der Waals surface area contributed by atoms with E-state index < -0.39 is 4.92 Å². The van der Waals surface area contributed by atoms with Crippen LogP contribution in [0.2, 0.25) is 0 Å². The Bertz CT molecular complexity index is 669. The minimum atomic E-state index is -0.438. The summed E-state index contributed by atoms with van der Waals surface area (Å²) in [6.45, 7) is 3.63. The molecular formula is C14H17FN4O2. The van der Waals surface area contributed by atoms with Crippen LogP contribution in [0.5, 0.6) is 0 Å². The van der Waals surface area contributed by atoms with E-state index in [1.54, 1.807) is 19.2 Å². The van der Waals surface area contributed by atoms with Crippen molar-refractivity contribution in [1.29, 1.82) is 0 Å². The average Bonchev–Trinajstić information content (AvgIpc) is 2.75. The molecule has 112 valence electrons. The summed E-state index contributed by atoms with van der Waals surface area (Å²) in [5.41, 5.74) is 1.11. The molecule has 7 heteroatoms. The van der Waals surface area contributed by atoms with Gasteiger partial charge in [0.05, 0.1) is 11.0 Å². The largest absolute Gasteiger partial charge is 0.358 e. The summed E-state index contributed by atoms with van der Waals surface area (Å²) in [5.74, 6) is -0.0106. The zero-order valence-electron chi connectivity index (χ0n) is 12.1. The quantitative estimate of drug-likeness (QED) is 0.678. The second-order valence-electron chi connectivity index (χ2n) is 4.80. The topological polar surface area (TPSA) is 73.0 Å². The van der Waals surface area contributed by atoms with Crippen molar-refractivity contribution >= 4 is 11.5 Å². The first kappa shape index (κ1) is 15.0. The minimum Gasteiger partial charge on any atom is -0.358 e. The summed E-state index contributed by atoms with van der Waals surface area (Å²) in [4.78, 5) is 10.8. The molecule has 1 heterocycles. The fourth-order valence-electron chi connectivity index (χ4n) is 2.22. The third-order valence-electron chi connectivity index (χ3n) is 3.31. The zero-order chi connectivity index (χ0) is 15.6. The highest BCUT2D eigenvalue weighted by molar-refractivity contribution is 5.60. The second kappa shape index (κ2) is 5.90. The third-order valence-corrected chi connectivity index (χ3v) is 3.31. The number of benzene rings is 1. The Kier molecular flexibility index (Phi) is 4.21. The lowest BCUT2D eigenvalue weighted by Gasteiger charge is -2.15. The molecule has 6 nitrogen and oxygen atoms in total. The van der Waals surface area contributed by atoms with Gasteiger partial charge in [-0.3, -0.25) is 10.1 Å². The molecule has 21 heavy (non-hydrogen) atoms. The van der Waals surface area contributed by atoms with Gasteiger partial charge < -0.3 is 5.32 Å². The van der Waals surface area contributed by atoms with Crippen LogP contribution in [-0.4, -0.2) is 14.7 Å². The Hall–Kier alpha value is -2.44. The molecule has 1 aromatic heterocycles. The first-order valence-corrected chi connectivity index (χ1v) is 6.66. The van der Waals surface area contributed by atoms with Crippen LogP contribution in [0.4, 0.5) is 15.9 Å². The predicted octanol–water partition coefficient (Wildman–Crippen LogP) is 3.20. The van der Waals surface area contributed by atoms with Crippen molar-refractivity contribution < 1.29 is 9.31 Å². The Morgan fingerprint density at radius 3 is 2.81 bits per heavy atom. The normalized spacial score (nSPS) is 12.2. The zero-order valence-corrected chi connectivity index (χ0v) is 12.1. The summed E-state index contributed by atoms with van der Waals surface area (Å²) in [6, 6.07) is 5.86. The molecule has 2 aromatic rings. The van der Waals surface area contributed by atoms with Crippen LogP contribution >= 0.6 is 0 Å². The van der Waals surface area contributed by atoms with Gasteiger partial charge in [-0.1, -0.05) is 19.1 Å². The molecule has 1 atom stereocenters. The highest BCUT2D eigenvalue weighted by Gasteiger charge is 2.26. The molecule has 1 N–H and O–H groups in total. The summed E-state index contributed by atoms with van der Waals surface area (Å²) in [6.07, 6.45) is 0.472. The van der Waals surface area contributed by atoms with Gasteiger partial charge in [-0.05, 0) is 31.0 Å². The van der Waals surface area contributed by atoms with Crippen molar-refractivity contribution in [3.8, 4) is 0 Å². The molecule has 2 rings (SSSR count). The number of nitrogens with zero attached hydrogens (tertiary/aromatic N) is 3. The van der Waals surface area contributed by atoms with E-state index >= 15 is 0 Å². The van der Waals surface area contributed by atoms with Crippen LogP contribution in [0.25, 0.3) is 0 Å². The van der Waals surface area contributed by atoms with E-state index in [1.807, 2.05) is 13.8 Å². The van der Waals surface area contributed by atoms with Gasteiger partial charge in [-0.15, -0.1) is 0 Å². The maximum atomic E-state index is 13.3. The molecule has 0 saturated carbocycles. The lowest BCUT2D eigenvalue weighted by Crippen LogP contribution is -2.11. The number of aromatic nitrogens is 2. The number of rotatable bonds is 5. The highest BCUT2D eigenvalue weighted by Crippen LogP contribution is 2.31. The van der Waals surface area contributed by atoms with E-state index in [1.165, 1.54) is 16.8 Å². The standard InChI is InChI=1S/C14H17FN4O2/c1-4-12-13(19(20)21)14(18(3)17-12)16-9(2)10-6-5-7-11(15)8-10/h5-9,16H,4H2,1-3H3. The predicted molar refractivity (Wildman–Crippen MR) is 77.7 cm³/mol. The monoisotopic (exact) mass is 292 g/mol. The van der Waals surface area contributed by atoms with Crippen molar-refractivity contribution in [2.45, 2.75) is 26.3 Å². The van der Waals surface area contributed by atoms with Crippen molar-refractivity contribution in [3.63, 3.8) is 0 Å². The van der Waals surface area contributed by atoms with Gasteiger partial charge >= 0.3 is 5.69 Å². The Morgan fingerprint density at radius 2 is 2.24 bits per heavy atom. The van der Waals surface area contributed by atoms with E-state index in [9.17, 15) is 14.5 Å². The second-order valence-corrected chi connectivity index (χ2v) is 4.80. The Morgan fingerprint density at radius 1 is 1.52 bits per heavy atom. The number of aryl methyl sites for hydroxylation is 2. The Balaban J connectivity index is 2.35. The molecule has 0 aliphatic carbocycles. The van der Waals surface area contributed by atoms with E-state index in [0.29, 0.717) is 23.5 Å². The minimum absolute atomic E-state index is 0.0248. The van der Waals surface area contributed by atoms with E-state index in [4.69, 9.17) is 0 Å². The summed E-state index contributed by atoms with van der Waals surface area (Å²) in [5, 5.41) is 18.4. The maximum Gasteiger partial charge on any atom is 0.333 e. The van der Waals surface area contributed by atoms with E-state index in [2.05, 4.69) is 10.4 Å². The molecular weight excluding hydrogens is 275 g/mol. The molecule has 1 aromatic carbocycles. The SMILES string of the molecule is CCc1nn(C)c(NC(C)c2cccc(F)c2)c1[N+](=O)[O-]. The van der Waals surface area contributed by atoms with Crippen molar-refractivity contribution in [2.24, 2.45) is 7.05 Å². The highest BCUT2D eigenvalue weighted by atomic mass is 19.1. The average molecular weight is 292 g/mol. The molecule has 0 saturated heterocycles. The maximum absolute atomic E-state index is 13.3. The molecule has 0 amide bonds. The fourth-order valence-corrected chi connectivity index (χ4v) is 2.22. The van der Waals surface area contributed by atoms with Crippen LogP contribution < -0.4 is 5.32 Å². The first-order chi connectivity index (χ1) is 9.93. The van der Waals surface area contributed by atoms with Crippen LogP contribution in [-0.2, 0) is 13.5 Å². The lowest BCUT2D eigenvalue weighted by atomic mass is 10.1. The van der Waals surface area contributed by atoms with Crippen LogP contribution in [0.1, 0.15) is 31.1 Å². The summed E-state index contributed by atoms with van der Waals surface area (Å²) in [7, 11) is 1.65. The van der Waals surface area contributed by atoms with E-state index in [0.717, 1.165) is 0 Å². The van der Waals surface area contributed by atoms with Gasteiger partial charge in [0.25, 0.3) is 0 Å². The number of hydrogen-bond donors (Lipinski definition) is 1. The van der Waals surface area contributed by atoms with Crippen molar-refractivity contribution in [2.75, 3.05) is 5.32 Å². The molecule has 1 unspecified atom stereocenters. The van der Waals surface area contributed by atoms with Gasteiger partial charge in [0, 0.05) is 7.05 Å².